The summed E-state index contributed by atoms with van der Waals surface area (Å²) in [5.74, 6) is 6.06. The van der Waals surface area contributed by atoms with E-state index in [1.807, 2.05) is 14.0 Å². The predicted octanol–water partition coefficient (Wildman–Crippen LogP) is 2.81. The van der Waals surface area contributed by atoms with E-state index in [0.29, 0.717) is 11.5 Å². The van der Waals surface area contributed by atoms with Crippen molar-refractivity contribution in [3.63, 3.8) is 0 Å². The molecule has 0 radical (unpaired) electrons. The standard InChI is InChI=1S/C12H23N/c1-6-8-9-10-11(13-5)12(3,4)7-2/h11,13H,7,9-10H2,1-5H3. The van der Waals surface area contributed by atoms with Crippen LogP contribution >= 0.6 is 0 Å². The number of hydrogen-bond acceptors (Lipinski definition) is 1. The van der Waals surface area contributed by atoms with Gasteiger partial charge in [-0.25, -0.2) is 0 Å². The van der Waals surface area contributed by atoms with Gasteiger partial charge in [0.2, 0.25) is 0 Å². The van der Waals surface area contributed by atoms with Crippen molar-refractivity contribution in [2.75, 3.05) is 7.05 Å². The summed E-state index contributed by atoms with van der Waals surface area (Å²) in [4.78, 5) is 0. The average molecular weight is 181 g/mol. The fourth-order valence-electron chi connectivity index (χ4n) is 1.51. The molecule has 1 unspecified atom stereocenters. The minimum absolute atomic E-state index is 0.379. The molecule has 1 nitrogen and oxygen atoms in total. The molecular formula is C12H23N. The fourth-order valence-corrected chi connectivity index (χ4v) is 1.51. The molecule has 0 aromatic rings. The van der Waals surface area contributed by atoms with Crippen molar-refractivity contribution >= 4 is 0 Å². The van der Waals surface area contributed by atoms with Crippen LogP contribution in [-0.4, -0.2) is 13.1 Å². The minimum atomic E-state index is 0.379. The molecule has 0 fully saturated rings. The zero-order chi connectivity index (χ0) is 10.3. The topological polar surface area (TPSA) is 12.0 Å². The lowest BCUT2D eigenvalue weighted by Crippen LogP contribution is -2.39. The van der Waals surface area contributed by atoms with Crippen molar-refractivity contribution in [3.05, 3.63) is 0 Å². The highest BCUT2D eigenvalue weighted by Crippen LogP contribution is 2.27. The molecule has 1 atom stereocenters. The maximum absolute atomic E-state index is 3.38. The Morgan fingerprint density at radius 2 is 2.00 bits per heavy atom. The number of rotatable bonds is 5. The van der Waals surface area contributed by atoms with Crippen LogP contribution in [0.1, 0.15) is 47.0 Å². The number of hydrogen-bond donors (Lipinski definition) is 1. The van der Waals surface area contributed by atoms with E-state index in [4.69, 9.17) is 0 Å². The van der Waals surface area contributed by atoms with Gasteiger partial charge < -0.3 is 5.32 Å². The second-order valence-corrected chi connectivity index (χ2v) is 4.15. The molecule has 1 heteroatoms. The summed E-state index contributed by atoms with van der Waals surface area (Å²) in [5.41, 5.74) is 0.379. The molecular weight excluding hydrogens is 158 g/mol. The van der Waals surface area contributed by atoms with Crippen LogP contribution in [0.3, 0.4) is 0 Å². The van der Waals surface area contributed by atoms with Gasteiger partial charge in [0.25, 0.3) is 0 Å². The largest absolute Gasteiger partial charge is 0.316 e. The Morgan fingerprint density at radius 1 is 1.38 bits per heavy atom. The van der Waals surface area contributed by atoms with E-state index in [2.05, 4.69) is 37.9 Å². The molecule has 0 aromatic carbocycles. The summed E-state index contributed by atoms with van der Waals surface area (Å²) >= 11 is 0. The van der Waals surface area contributed by atoms with Gasteiger partial charge in [-0.15, -0.1) is 11.8 Å². The fraction of sp³-hybridized carbons (Fsp3) is 0.833. The molecule has 0 aliphatic heterocycles. The third kappa shape index (κ3) is 4.33. The summed E-state index contributed by atoms with van der Waals surface area (Å²) in [6.45, 7) is 8.77. The van der Waals surface area contributed by atoms with E-state index in [0.717, 1.165) is 12.8 Å². The summed E-state index contributed by atoms with van der Waals surface area (Å²) in [7, 11) is 2.04. The quantitative estimate of drug-likeness (QED) is 0.643. The highest BCUT2D eigenvalue weighted by Gasteiger charge is 2.25. The third-order valence-electron chi connectivity index (χ3n) is 2.94. The maximum Gasteiger partial charge on any atom is 0.0124 e. The van der Waals surface area contributed by atoms with Crippen molar-refractivity contribution in [1.29, 1.82) is 0 Å². The summed E-state index contributed by atoms with van der Waals surface area (Å²) in [6.07, 6.45) is 3.36. The predicted molar refractivity (Wildman–Crippen MR) is 59.6 cm³/mol. The average Bonchev–Trinajstić information content (AvgIpc) is 2.12. The van der Waals surface area contributed by atoms with Crippen LogP contribution in [0, 0.1) is 17.3 Å². The molecule has 0 saturated carbocycles. The van der Waals surface area contributed by atoms with Gasteiger partial charge in [0, 0.05) is 12.5 Å². The van der Waals surface area contributed by atoms with Crippen LogP contribution in [-0.2, 0) is 0 Å². The van der Waals surface area contributed by atoms with Crippen LogP contribution in [0.15, 0.2) is 0 Å². The van der Waals surface area contributed by atoms with Gasteiger partial charge in [-0.3, -0.25) is 0 Å². The molecule has 0 spiro atoms. The lowest BCUT2D eigenvalue weighted by atomic mass is 9.80. The van der Waals surface area contributed by atoms with Gasteiger partial charge in [0.05, 0.1) is 0 Å². The third-order valence-corrected chi connectivity index (χ3v) is 2.94. The van der Waals surface area contributed by atoms with E-state index in [9.17, 15) is 0 Å². The zero-order valence-electron chi connectivity index (χ0n) is 9.70. The first-order valence-corrected chi connectivity index (χ1v) is 5.15. The van der Waals surface area contributed by atoms with Crippen LogP contribution in [0.25, 0.3) is 0 Å². The molecule has 0 aliphatic carbocycles. The van der Waals surface area contributed by atoms with Crippen molar-refractivity contribution in [3.8, 4) is 11.8 Å². The molecule has 0 aromatic heterocycles. The molecule has 0 saturated heterocycles. The molecule has 0 heterocycles. The highest BCUT2D eigenvalue weighted by atomic mass is 14.9. The van der Waals surface area contributed by atoms with Crippen molar-refractivity contribution < 1.29 is 0 Å². The van der Waals surface area contributed by atoms with Crippen LogP contribution in [0.4, 0.5) is 0 Å². The molecule has 76 valence electrons. The summed E-state index contributed by atoms with van der Waals surface area (Å²) < 4.78 is 0. The van der Waals surface area contributed by atoms with Crippen LogP contribution in [0.2, 0.25) is 0 Å². The van der Waals surface area contributed by atoms with Gasteiger partial charge in [0.15, 0.2) is 0 Å². The first-order valence-electron chi connectivity index (χ1n) is 5.15. The molecule has 0 amide bonds. The Morgan fingerprint density at radius 3 is 2.38 bits per heavy atom. The van der Waals surface area contributed by atoms with Gasteiger partial charge in [0.1, 0.15) is 0 Å². The second kappa shape index (κ2) is 6.05. The molecule has 13 heavy (non-hydrogen) atoms. The van der Waals surface area contributed by atoms with Crippen molar-refractivity contribution in [1.82, 2.24) is 5.32 Å². The number of nitrogens with one attached hydrogen (secondary N) is 1. The van der Waals surface area contributed by atoms with Crippen LogP contribution < -0.4 is 5.32 Å². The van der Waals surface area contributed by atoms with Crippen molar-refractivity contribution in [2.24, 2.45) is 5.41 Å². The van der Waals surface area contributed by atoms with Gasteiger partial charge in [-0.05, 0) is 32.2 Å². The Kier molecular flexibility index (Phi) is 5.82. The maximum atomic E-state index is 3.38. The highest BCUT2D eigenvalue weighted by molar-refractivity contribution is 4.96. The SMILES string of the molecule is CC#CCCC(NC)C(C)(C)CC. The first-order chi connectivity index (χ1) is 6.08. The van der Waals surface area contributed by atoms with Gasteiger partial charge in [-0.2, -0.15) is 0 Å². The minimum Gasteiger partial charge on any atom is -0.316 e. The Balaban J connectivity index is 4.06. The smallest absolute Gasteiger partial charge is 0.0124 e. The van der Waals surface area contributed by atoms with Crippen molar-refractivity contribution in [2.45, 2.75) is 53.0 Å². The first kappa shape index (κ1) is 12.5. The lowest BCUT2D eigenvalue weighted by molar-refractivity contribution is 0.232. The Labute approximate surface area is 83.3 Å². The molecule has 0 aliphatic rings. The van der Waals surface area contributed by atoms with E-state index in [1.165, 1.54) is 6.42 Å². The lowest BCUT2D eigenvalue weighted by Gasteiger charge is -2.33. The van der Waals surface area contributed by atoms with Gasteiger partial charge >= 0.3 is 0 Å². The van der Waals surface area contributed by atoms with Crippen LogP contribution in [0.5, 0.6) is 0 Å². The van der Waals surface area contributed by atoms with E-state index >= 15 is 0 Å². The Bertz CT molecular complexity index is 183. The zero-order valence-corrected chi connectivity index (χ0v) is 9.70. The van der Waals surface area contributed by atoms with Gasteiger partial charge in [-0.1, -0.05) is 20.8 Å². The van der Waals surface area contributed by atoms with E-state index in [-0.39, 0.29) is 0 Å². The molecule has 1 N–H and O–H groups in total. The Hall–Kier alpha value is -0.480. The normalized spacial score (nSPS) is 13.3. The second-order valence-electron chi connectivity index (χ2n) is 4.15. The molecule has 0 rings (SSSR count). The monoisotopic (exact) mass is 181 g/mol. The van der Waals surface area contributed by atoms with E-state index < -0.39 is 0 Å². The summed E-state index contributed by atoms with van der Waals surface area (Å²) in [6, 6.07) is 0.582. The summed E-state index contributed by atoms with van der Waals surface area (Å²) in [5, 5.41) is 3.38. The molecule has 0 bridgehead atoms. The van der Waals surface area contributed by atoms with E-state index in [1.54, 1.807) is 0 Å².